The molecule has 0 unspecified atom stereocenters. The van der Waals surface area contributed by atoms with E-state index < -0.39 is 9.84 Å². The zero-order valence-electron chi connectivity index (χ0n) is 7.47. The third kappa shape index (κ3) is 2.08. The van der Waals surface area contributed by atoms with Crippen LogP contribution in [0.15, 0.2) is 18.3 Å². The molecule has 0 saturated heterocycles. The van der Waals surface area contributed by atoms with E-state index in [4.69, 9.17) is 0 Å². The minimum atomic E-state index is -3.00. The van der Waals surface area contributed by atoms with Crippen molar-refractivity contribution in [1.29, 1.82) is 0 Å². The second-order valence-corrected chi connectivity index (χ2v) is 6.26. The molecule has 0 spiro atoms. The maximum absolute atomic E-state index is 11.0. The highest BCUT2D eigenvalue weighted by Gasteiger charge is 2.09. The summed E-state index contributed by atoms with van der Waals surface area (Å²) in [6.45, 7) is 0. The van der Waals surface area contributed by atoms with Crippen LogP contribution in [0.4, 0.5) is 0 Å². The van der Waals surface area contributed by atoms with E-state index in [-0.39, 0.29) is 5.75 Å². The number of sulfone groups is 1. The van der Waals surface area contributed by atoms with Crippen molar-refractivity contribution in [3.05, 3.63) is 23.3 Å². The Morgan fingerprint density at radius 1 is 1.50 bits per heavy atom. The van der Waals surface area contributed by atoms with Crippen LogP contribution >= 0.6 is 11.3 Å². The Balaban J connectivity index is 2.46. The zero-order chi connectivity index (χ0) is 10.2. The summed E-state index contributed by atoms with van der Waals surface area (Å²) in [5, 5.41) is 0.598. The Morgan fingerprint density at radius 3 is 2.93 bits per heavy atom. The van der Waals surface area contributed by atoms with Crippen LogP contribution in [0.3, 0.4) is 0 Å². The van der Waals surface area contributed by atoms with Gasteiger partial charge in [-0.1, -0.05) is 0 Å². The topological polar surface area (TPSA) is 59.9 Å². The van der Waals surface area contributed by atoms with E-state index in [1.54, 1.807) is 6.20 Å². The molecule has 2 aromatic heterocycles. The lowest BCUT2D eigenvalue weighted by atomic mass is 10.5. The van der Waals surface area contributed by atoms with Gasteiger partial charge in [-0.3, -0.25) is 0 Å². The molecule has 2 aromatic rings. The fourth-order valence-electron chi connectivity index (χ4n) is 1.10. The van der Waals surface area contributed by atoms with Crippen molar-refractivity contribution in [2.45, 2.75) is 5.75 Å². The summed E-state index contributed by atoms with van der Waals surface area (Å²) >= 11 is 1.37. The van der Waals surface area contributed by atoms with Gasteiger partial charge < -0.3 is 0 Å². The summed E-state index contributed by atoms with van der Waals surface area (Å²) in [5.41, 5.74) is 0.621. The molecular weight excluding hydrogens is 220 g/mol. The Morgan fingerprint density at radius 2 is 2.29 bits per heavy atom. The number of hydrogen-bond acceptors (Lipinski definition) is 5. The summed E-state index contributed by atoms with van der Waals surface area (Å²) < 4.78 is 23.0. The van der Waals surface area contributed by atoms with E-state index >= 15 is 0 Å². The van der Waals surface area contributed by atoms with Crippen molar-refractivity contribution in [3.63, 3.8) is 0 Å². The zero-order valence-corrected chi connectivity index (χ0v) is 9.10. The maximum atomic E-state index is 11.0. The van der Waals surface area contributed by atoms with E-state index in [2.05, 4.69) is 9.97 Å². The predicted octanol–water partition coefficient (Wildman–Crippen LogP) is 1.24. The third-order valence-electron chi connectivity index (χ3n) is 1.59. The van der Waals surface area contributed by atoms with E-state index in [1.165, 1.54) is 17.6 Å². The average molecular weight is 228 g/mol. The van der Waals surface area contributed by atoms with E-state index in [1.807, 2.05) is 12.1 Å². The molecule has 0 N–H and O–H groups in total. The molecule has 14 heavy (non-hydrogen) atoms. The first-order chi connectivity index (χ1) is 6.54. The quantitative estimate of drug-likeness (QED) is 0.775. The van der Waals surface area contributed by atoms with Crippen LogP contribution in [0.5, 0.6) is 0 Å². The molecule has 0 amide bonds. The van der Waals surface area contributed by atoms with Crippen LogP contribution in [-0.2, 0) is 15.6 Å². The van der Waals surface area contributed by atoms with Crippen molar-refractivity contribution >= 4 is 31.5 Å². The summed E-state index contributed by atoms with van der Waals surface area (Å²) in [4.78, 5) is 8.16. The van der Waals surface area contributed by atoms with Gasteiger partial charge in [0.15, 0.2) is 15.5 Å². The van der Waals surface area contributed by atoms with Gasteiger partial charge in [0.25, 0.3) is 0 Å². The van der Waals surface area contributed by atoms with Gasteiger partial charge in [0.05, 0.1) is 4.70 Å². The third-order valence-corrected chi connectivity index (χ3v) is 3.59. The summed E-state index contributed by atoms with van der Waals surface area (Å²) in [7, 11) is -3.00. The molecule has 6 heteroatoms. The number of aromatic nitrogens is 2. The van der Waals surface area contributed by atoms with Gasteiger partial charge in [0.2, 0.25) is 0 Å². The van der Waals surface area contributed by atoms with Crippen molar-refractivity contribution < 1.29 is 8.42 Å². The van der Waals surface area contributed by atoms with Gasteiger partial charge in [-0.2, -0.15) is 0 Å². The molecule has 0 fully saturated rings. The first kappa shape index (κ1) is 9.54. The largest absolute Gasteiger partial charge is 0.236 e. The van der Waals surface area contributed by atoms with Crippen LogP contribution < -0.4 is 0 Å². The van der Waals surface area contributed by atoms with E-state index in [9.17, 15) is 8.42 Å². The molecular formula is C8H8N2O2S2. The normalized spacial score (nSPS) is 12.1. The lowest BCUT2D eigenvalue weighted by Crippen LogP contribution is -1.99. The molecule has 74 valence electrons. The standard InChI is InChI=1S/C8H8N2O2S2/c1-14(11,12)5-7-10-8-6(13-7)3-2-4-9-8/h2-4H,5H2,1H3. The molecule has 4 nitrogen and oxygen atoms in total. The molecule has 0 bridgehead atoms. The second-order valence-electron chi connectivity index (χ2n) is 3.00. The fraction of sp³-hybridized carbons (Fsp3) is 0.250. The molecule has 0 aliphatic rings. The first-order valence-electron chi connectivity index (χ1n) is 3.93. The first-order valence-corrected chi connectivity index (χ1v) is 6.80. The SMILES string of the molecule is CS(=O)(=O)Cc1nc2ncccc2s1. The van der Waals surface area contributed by atoms with Gasteiger partial charge in [0.1, 0.15) is 10.8 Å². The number of hydrogen-bond donors (Lipinski definition) is 0. The molecule has 0 aliphatic heterocycles. The van der Waals surface area contributed by atoms with Crippen LogP contribution in [0.2, 0.25) is 0 Å². The number of thiazole rings is 1. The Hall–Kier alpha value is -1.01. The lowest BCUT2D eigenvalue weighted by molar-refractivity contribution is 0.601. The molecule has 0 aromatic carbocycles. The average Bonchev–Trinajstić information content (AvgIpc) is 2.42. The van der Waals surface area contributed by atoms with Crippen LogP contribution in [0, 0.1) is 0 Å². The predicted molar refractivity (Wildman–Crippen MR) is 56.0 cm³/mol. The van der Waals surface area contributed by atoms with Gasteiger partial charge in [-0.25, -0.2) is 18.4 Å². The molecule has 0 radical (unpaired) electrons. The van der Waals surface area contributed by atoms with Gasteiger partial charge >= 0.3 is 0 Å². The summed E-state index contributed by atoms with van der Waals surface area (Å²) in [6.07, 6.45) is 2.85. The highest BCUT2D eigenvalue weighted by molar-refractivity contribution is 7.90. The minimum Gasteiger partial charge on any atom is -0.236 e. The Bertz CT molecular complexity index is 526. The summed E-state index contributed by atoms with van der Waals surface area (Å²) in [5.74, 6) is -0.00593. The fourth-order valence-corrected chi connectivity index (χ4v) is 3.21. The molecule has 2 heterocycles. The minimum absolute atomic E-state index is 0.00593. The van der Waals surface area contributed by atoms with Gasteiger partial charge in [-0.15, -0.1) is 11.3 Å². The number of pyridine rings is 1. The van der Waals surface area contributed by atoms with Gasteiger partial charge in [-0.05, 0) is 12.1 Å². The lowest BCUT2D eigenvalue weighted by Gasteiger charge is -1.89. The van der Waals surface area contributed by atoms with Crippen LogP contribution in [0.1, 0.15) is 5.01 Å². The Kier molecular flexibility index (Phi) is 2.24. The molecule has 0 atom stereocenters. The number of fused-ring (bicyclic) bond motifs is 1. The van der Waals surface area contributed by atoms with Gasteiger partial charge in [0, 0.05) is 12.5 Å². The molecule has 0 saturated carbocycles. The monoisotopic (exact) mass is 228 g/mol. The maximum Gasteiger partial charge on any atom is 0.170 e. The highest BCUT2D eigenvalue weighted by atomic mass is 32.2. The Labute approximate surface area is 85.5 Å². The number of nitrogens with zero attached hydrogens (tertiary/aromatic N) is 2. The number of rotatable bonds is 2. The van der Waals surface area contributed by atoms with Crippen LogP contribution in [0.25, 0.3) is 10.3 Å². The van der Waals surface area contributed by atoms with Crippen molar-refractivity contribution in [2.24, 2.45) is 0 Å². The van der Waals surface area contributed by atoms with Crippen molar-refractivity contribution in [1.82, 2.24) is 9.97 Å². The summed E-state index contributed by atoms with van der Waals surface area (Å²) in [6, 6.07) is 3.69. The molecule has 2 rings (SSSR count). The molecule has 0 aliphatic carbocycles. The smallest absolute Gasteiger partial charge is 0.170 e. The van der Waals surface area contributed by atoms with Crippen molar-refractivity contribution in [2.75, 3.05) is 6.26 Å². The highest BCUT2D eigenvalue weighted by Crippen LogP contribution is 2.20. The van der Waals surface area contributed by atoms with E-state index in [0.717, 1.165) is 4.70 Å². The van der Waals surface area contributed by atoms with E-state index in [0.29, 0.717) is 10.7 Å². The van der Waals surface area contributed by atoms with Crippen LogP contribution in [-0.4, -0.2) is 24.6 Å². The second kappa shape index (κ2) is 3.29. The van der Waals surface area contributed by atoms with Crippen molar-refractivity contribution in [3.8, 4) is 0 Å².